The number of aromatic nitrogens is 4. The average Bonchev–Trinajstić information content (AvgIpc) is 3.26. The number of anilines is 1. The Morgan fingerprint density at radius 2 is 2.04 bits per heavy atom. The van der Waals surface area contributed by atoms with Crippen molar-refractivity contribution in [3.63, 3.8) is 0 Å². The number of allylic oxidation sites excluding steroid dienone is 3. The first-order valence-electron chi connectivity index (χ1n) is 9.39. The zero-order chi connectivity index (χ0) is 19.7. The van der Waals surface area contributed by atoms with E-state index in [1.807, 2.05) is 18.9 Å². The molecule has 0 atom stereocenters. The quantitative estimate of drug-likeness (QED) is 0.547. The number of likely N-dealkylation sites (N-methyl/N-ethyl adjacent to an activating group) is 1. The number of nitrogens with one attached hydrogen (secondary N) is 3. The van der Waals surface area contributed by atoms with E-state index >= 15 is 0 Å². The number of imidazole rings is 1. The first kappa shape index (κ1) is 18.1. The molecule has 1 aliphatic heterocycles. The van der Waals surface area contributed by atoms with Gasteiger partial charge in [-0.3, -0.25) is 9.59 Å². The van der Waals surface area contributed by atoms with Crippen LogP contribution in [0.3, 0.4) is 0 Å². The van der Waals surface area contributed by atoms with Crippen molar-refractivity contribution in [1.29, 1.82) is 0 Å². The van der Waals surface area contributed by atoms with Crippen LogP contribution in [0, 0.1) is 0 Å². The first-order chi connectivity index (χ1) is 13.5. The molecule has 4 rings (SSSR count). The summed E-state index contributed by atoms with van der Waals surface area (Å²) in [6, 6.07) is 0. The molecule has 0 aromatic carbocycles. The van der Waals surface area contributed by atoms with Crippen LogP contribution in [0.15, 0.2) is 35.7 Å². The van der Waals surface area contributed by atoms with E-state index in [1.54, 1.807) is 6.08 Å². The lowest BCUT2D eigenvalue weighted by atomic mass is 9.88. The topological polar surface area (TPSA) is 116 Å². The van der Waals surface area contributed by atoms with E-state index in [0.29, 0.717) is 40.2 Å². The Hall–Kier alpha value is -3.23. The van der Waals surface area contributed by atoms with Crippen molar-refractivity contribution in [2.75, 3.05) is 12.4 Å². The summed E-state index contributed by atoms with van der Waals surface area (Å²) < 4.78 is 0. The Kier molecular flexibility index (Phi) is 4.58. The summed E-state index contributed by atoms with van der Waals surface area (Å²) >= 11 is 0. The lowest BCUT2D eigenvalue weighted by Crippen LogP contribution is -2.51. The second-order valence-electron chi connectivity index (χ2n) is 7.30. The molecule has 3 N–H and O–H groups in total. The van der Waals surface area contributed by atoms with Crippen LogP contribution in [0.1, 0.15) is 39.0 Å². The Morgan fingerprint density at radius 1 is 1.25 bits per heavy atom. The van der Waals surface area contributed by atoms with Crippen LogP contribution < -0.4 is 10.6 Å². The van der Waals surface area contributed by atoms with E-state index in [4.69, 9.17) is 0 Å². The van der Waals surface area contributed by atoms with Gasteiger partial charge in [0.25, 0.3) is 5.91 Å². The maximum atomic E-state index is 12.7. The minimum Gasteiger partial charge on any atom is -0.347 e. The number of amides is 1. The lowest BCUT2D eigenvalue weighted by Gasteiger charge is -2.40. The molecule has 2 aromatic rings. The fraction of sp³-hybridized carbons (Fsp3) is 0.421. The zero-order valence-corrected chi connectivity index (χ0v) is 16.0. The number of hydrogen-bond donors (Lipinski definition) is 3. The van der Waals surface area contributed by atoms with Gasteiger partial charge >= 0.3 is 0 Å². The van der Waals surface area contributed by atoms with Crippen molar-refractivity contribution in [3.05, 3.63) is 35.7 Å². The van der Waals surface area contributed by atoms with Crippen LogP contribution >= 0.6 is 0 Å². The molecule has 146 valence electrons. The third-order valence-electron chi connectivity index (χ3n) is 5.57. The second kappa shape index (κ2) is 7.06. The van der Waals surface area contributed by atoms with Gasteiger partial charge in [-0.2, -0.15) is 0 Å². The summed E-state index contributed by atoms with van der Waals surface area (Å²) in [7, 11) is 1.95. The standard InChI is InChI=1S/C19H23N7O2/c1-12(15-18(28)25-19(26(15)2)6-4-3-5-7-19)8-13(9-27)24-17-14-16(21-10-20-14)22-11-23-17/h8-11H,3-7H2,1-2H3,(H,25,28)(H2,20,21,22,23,24)/b13-8+,15-12-. The van der Waals surface area contributed by atoms with Crippen molar-refractivity contribution in [2.24, 2.45) is 0 Å². The molecule has 2 aromatic heterocycles. The number of aromatic amines is 1. The highest BCUT2D eigenvalue weighted by Crippen LogP contribution is 2.38. The van der Waals surface area contributed by atoms with Gasteiger partial charge in [0.1, 0.15) is 17.7 Å². The number of rotatable bonds is 4. The molecule has 9 heteroatoms. The molecule has 0 radical (unpaired) electrons. The summed E-state index contributed by atoms with van der Waals surface area (Å²) in [6.07, 6.45) is 10.5. The van der Waals surface area contributed by atoms with Crippen LogP contribution in [-0.2, 0) is 9.59 Å². The van der Waals surface area contributed by atoms with Crippen LogP contribution in [0.2, 0.25) is 0 Å². The van der Waals surface area contributed by atoms with E-state index < -0.39 is 0 Å². The van der Waals surface area contributed by atoms with Gasteiger partial charge < -0.3 is 20.5 Å². The predicted molar refractivity (Wildman–Crippen MR) is 104 cm³/mol. The fourth-order valence-corrected chi connectivity index (χ4v) is 4.16. The number of hydrogen-bond acceptors (Lipinski definition) is 7. The van der Waals surface area contributed by atoms with Crippen molar-refractivity contribution >= 4 is 29.2 Å². The van der Waals surface area contributed by atoms with Gasteiger partial charge in [0.05, 0.1) is 12.0 Å². The predicted octanol–water partition coefficient (Wildman–Crippen LogP) is 1.84. The van der Waals surface area contributed by atoms with E-state index in [0.717, 1.165) is 25.7 Å². The summed E-state index contributed by atoms with van der Waals surface area (Å²) in [5, 5.41) is 6.16. The van der Waals surface area contributed by atoms with Crippen LogP contribution in [0.4, 0.5) is 5.82 Å². The number of nitrogens with zero attached hydrogens (tertiary/aromatic N) is 4. The number of H-pyrrole nitrogens is 1. The van der Waals surface area contributed by atoms with Gasteiger partial charge in [0, 0.05) is 7.05 Å². The molecule has 0 bridgehead atoms. The highest BCUT2D eigenvalue weighted by atomic mass is 16.2. The van der Waals surface area contributed by atoms with Crippen molar-refractivity contribution in [1.82, 2.24) is 30.2 Å². The maximum absolute atomic E-state index is 12.7. The minimum absolute atomic E-state index is 0.0971. The number of carbonyl (C=O) groups is 2. The fourth-order valence-electron chi connectivity index (χ4n) is 4.16. The second-order valence-corrected chi connectivity index (χ2v) is 7.30. The van der Waals surface area contributed by atoms with Gasteiger partial charge in [-0.1, -0.05) is 6.42 Å². The SMILES string of the molecule is CC(/C=C(\C=O)Nc1ncnc2[nH]cnc12)=C1\C(=O)NC2(CCCCC2)N1C. The smallest absolute Gasteiger partial charge is 0.269 e. The maximum Gasteiger partial charge on any atom is 0.269 e. The molecule has 3 heterocycles. The summed E-state index contributed by atoms with van der Waals surface area (Å²) in [6.45, 7) is 1.84. The van der Waals surface area contributed by atoms with Gasteiger partial charge in [-0.05, 0) is 44.3 Å². The molecule has 2 aliphatic rings. The molecule has 9 nitrogen and oxygen atoms in total. The third kappa shape index (κ3) is 3.02. The molecular weight excluding hydrogens is 358 g/mol. The number of carbonyl (C=O) groups excluding carboxylic acids is 2. The highest BCUT2D eigenvalue weighted by molar-refractivity contribution is 5.97. The minimum atomic E-state index is -0.303. The van der Waals surface area contributed by atoms with Crippen molar-refractivity contribution in [2.45, 2.75) is 44.7 Å². The summed E-state index contributed by atoms with van der Waals surface area (Å²) in [5.74, 6) is 0.329. The molecule has 1 spiro atoms. The molecule has 1 aliphatic carbocycles. The molecule has 1 saturated heterocycles. The molecule has 2 fully saturated rings. The third-order valence-corrected chi connectivity index (χ3v) is 5.57. The molecule has 1 saturated carbocycles. The Labute approximate surface area is 162 Å². The van der Waals surface area contributed by atoms with Crippen molar-refractivity contribution in [3.8, 4) is 0 Å². The molecule has 1 amide bonds. The van der Waals surface area contributed by atoms with E-state index in [9.17, 15) is 9.59 Å². The number of fused-ring (bicyclic) bond motifs is 1. The van der Waals surface area contributed by atoms with Gasteiger partial charge in [0.15, 0.2) is 23.3 Å². The monoisotopic (exact) mass is 381 g/mol. The Bertz CT molecular complexity index is 985. The van der Waals surface area contributed by atoms with Gasteiger partial charge in [-0.15, -0.1) is 0 Å². The molecular formula is C19H23N7O2. The molecule has 28 heavy (non-hydrogen) atoms. The van der Waals surface area contributed by atoms with Gasteiger partial charge in [-0.25, -0.2) is 15.0 Å². The van der Waals surface area contributed by atoms with Gasteiger partial charge in [0.2, 0.25) is 0 Å². The summed E-state index contributed by atoms with van der Waals surface area (Å²) in [4.78, 5) is 41.7. The Balaban J connectivity index is 1.65. The van der Waals surface area contributed by atoms with Crippen LogP contribution in [0.5, 0.6) is 0 Å². The largest absolute Gasteiger partial charge is 0.347 e. The average molecular weight is 381 g/mol. The van der Waals surface area contributed by atoms with E-state index in [-0.39, 0.29) is 11.6 Å². The van der Waals surface area contributed by atoms with Crippen LogP contribution in [-0.4, -0.2) is 49.7 Å². The normalized spacial score (nSPS) is 21.1. The van der Waals surface area contributed by atoms with E-state index in [2.05, 4.69) is 30.6 Å². The first-order valence-corrected chi connectivity index (χ1v) is 9.39. The van der Waals surface area contributed by atoms with E-state index in [1.165, 1.54) is 19.1 Å². The van der Waals surface area contributed by atoms with Crippen LogP contribution in [0.25, 0.3) is 11.2 Å². The lowest BCUT2D eigenvalue weighted by molar-refractivity contribution is -0.117. The summed E-state index contributed by atoms with van der Waals surface area (Å²) in [5.41, 5.74) is 2.41. The Morgan fingerprint density at radius 3 is 2.79 bits per heavy atom. The number of aldehydes is 1. The van der Waals surface area contributed by atoms with Crippen molar-refractivity contribution < 1.29 is 9.59 Å². The zero-order valence-electron chi connectivity index (χ0n) is 16.0. The highest BCUT2D eigenvalue weighted by Gasteiger charge is 2.46. The molecule has 0 unspecified atom stereocenters.